The molecule has 1 aliphatic carbocycles. The van der Waals surface area contributed by atoms with Gasteiger partial charge in [-0.2, -0.15) is 0 Å². The third kappa shape index (κ3) is 8.57. The minimum atomic E-state index is -1.40. The highest BCUT2D eigenvalue weighted by molar-refractivity contribution is 6.08. The van der Waals surface area contributed by atoms with Crippen LogP contribution in [-0.4, -0.2) is 102 Å². The van der Waals surface area contributed by atoms with E-state index in [1.54, 1.807) is 0 Å². The molecule has 262 valence electrons. The zero-order valence-corrected chi connectivity index (χ0v) is 26.2. The van der Waals surface area contributed by atoms with Crippen LogP contribution in [0.1, 0.15) is 34.0 Å². The maximum Gasteiger partial charge on any atom is 0.336 e. The quantitative estimate of drug-likeness (QED) is 0.0722. The fourth-order valence-electron chi connectivity index (χ4n) is 5.59. The van der Waals surface area contributed by atoms with Crippen molar-refractivity contribution in [3.8, 4) is 28.2 Å². The van der Waals surface area contributed by atoms with Gasteiger partial charge in [-0.05, 0) is 17.7 Å². The van der Waals surface area contributed by atoms with E-state index in [1.807, 2.05) is 0 Å². The molecule has 0 unspecified atom stereocenters. The molecule has 0 fully saturated rings. The smallest absolute Gasteiger partial charge is 0.336 e. The van der Waals surface area contributed by atoms with E-state index >= 15 is 0 Å². The maximum absolute atomic E-state index is 13.6. The number of aliphatic carboxylic acids is 4. The maximum atomic E-state index is 13.6. The minimum Gasteiger partial charge on any atom is -0.507 e. The van der Waals surface area contributed by atoms with Gasteiger partial charge in [0.1, 0.15) is 23.7 Å². The van der Waals surface area contributed by atoms with Gasteiger partial charge in [0, 0.05) is 65.3 Å². The van der Waals surface area contributed by atoms with E-state index in [-0.39, 0.29) is 55.7 Å². The van der Waals surface area contributed by atoms with Crippen molar-refractivity contribution in [2.75, 3.05) is 26.2 Å². The summed E-state index contributed by atoms with van der Waals surface area (Å²) in [5.41, 5.74) is -1.15. The van der Waals surface area contributed by atoms with E-state index in [0.29, 0.717) is 0 Å². The summed E-state index contributed by atoms with van der Waals surface area (Å²) >= 11 is 0. The summed E-state index contributed by atoms with van der Waals surface area (Å²) in [5.74, 6) is -8.27. The summed E-state index contributed by atoms with van der Waals surface area (Å²) in [7, 11) is 0. The van der Waals surface area contributed by atoms with Crippen molar-refractivity contribution in [3.05, 3.63) is 74.9 Å². The zero-order chi connectivity index (χ0) is 36.9. The topological polar surface area (TPSA) is 270 Å². The SMILES string of the molecule is CC(=O)OCc1c2c(-c3ccccc3C(=O)O)c3cc(CN(CC(=O)O)CC(=O)O)c(O)cc3oc-2cc(=O)c1CN(CC(=O)O)CC(=O)O. The van der Waals surface area contributed by atoms with Gasteiger partial charge < -0.3 is 39.8 Å². The number of carboxylic acid groups (broad SMARTS) is 5. The van der Waals surface area contributed by atoms with Gasteiger partial charge in [0.05, 0.1) is 31.7 Å². The molecule has 17 heteroatoms. The van der Waals surface area contributed by atoms with Crippen LogP contribution < -0.4 is 5.43 Å². The molecule has 2 aromatic rings. The third-order valence-corrected chi connectivity index (χ3v) is 7.45. The van der Waals surface area contributed by atoms with Crippen molar-refractivity contribution >= 4 is 46.8 Å². The second-order valence-electron chi connectivity index (χ2n) is 11.2. The fourth-order valence-corrected chi connectivity index (χ4v) is 5.59. The Hall–Kier alpha value is -6.33. The van der Waals surface area contributed by atoms with Gasteiger partial charge in [0.15, 0.2) is 5.43 Å². The van der Waals surface area contributed by atoms with Crippen molar-refractivity contribution in [2.24, 2.45) is 0 Å². The van der Waals surface area contributed by atoms with Crippen LogP contribution in [0.4, 0.5) is 0 Å². The Morgan fingerprint density at radius 3 is 1.84 bits per heavy atom. The lowest BCUT2D eigenvalue weighted by molar-refractivity contribution is -0.144. The number of aromatic carboxylic acids is 1. The number of ether oxygens (including phenoxy) is 1. The Morgan fingerprint density at radius 1 is 0.740 bits per heavy atom. The first-order valence-electron chi connectivity index (χ1n) is 14.6. The zero-order valence-electron chi connectivity index (χ0n) is 26.2. The molecule has 0 spiro atoms. The van der Waals surface area contributed by atoms with Gasteiger partial charge in [0.25, 0.3) is 0 Å². The number of phenolic OH excluding ortho intramolecular Hbond substituents is 1. The molecule has 50 heavy (non-hydrogen) atoms. The number of hydrogen-bond donors (Lipinski definition) is 6. The number of carboxylic acids is 5. The molecule has 0 radical (unpaired) electrons. The highest BCUT2D eigenvalue weighted by atomic mass is 16.5. The van der Waals surface area contributed by atoms with Gasteiger partial charge >= 0.3 is 35.8 Å². The number of phenols is 1. The second kappa shape index (κ2) is 15.3. The molecule has 2 aromatic carbocycles. The average Bonchev–Trinajstić information content (AvgIpc) is 2.99. The molecule has 6 N–H and O–H groups in total. The van der Waals surface area contributed by atoms with E-state index in [4.69, 9.17) is 9.15 Å². The summed E-state index contributed by atoms with van der Waals surface area (Å²) < 4.78 is 11.3. The molecule has 2 aliphatic rings. The van der Waals surface area contributed by atoms with Gasteiger partial charge in [-0.3, -0.25) is 38.6 Å². The summed E-state index contributed by atoms with van der Waals surface area (Å²) in [6, 6.07) is 9.17. The molecule has 0 atom stereocenters. The molecule has 17 nitrogen and oxygen atoms in total. The molecular weight excluding hydrogens is 664 g/mol. The summed E-state index contributed by atoms with van der Waals surface area (Å²) in [4.78, 5) is 86.2. The lowest BCUT2D eigenvalue weighted by Gasteiger charge is -2.25. The van der Waals surface area contributed by atoms with Crippen LogP contribution in [0.5, 0.6) is 5.75 Å². The molecule has 0 bridgehead atoms. The summed E-state index contributed by atoms with van der Waals surface area (Å²) in [5, 5.41) is 58.7. The van der Waals surface area contributed by atoms with Crippen LogP contribution in [0.15, 0.2) is 51.7 Å². The molecule has 1 aliphatic heterocycles. The van der Waals surface area contributed by atoms with E-state index < -0.39 is 92.9 Å². The van der Waals surface area contributed by atoms with Crippen LogP contribution in [0, 0.1) is 0 Å². The standard InChI is InChI=1S/C33H30N2O15/c1-16(36)49-15-22-21(10-35(13-29(43)44)14-30(45)46)24(38)8-26-32(22)31(18-4-2-3-5-19(18)33(47)48)20-6-17(23(37)7-25(20)50-26)9-34(11-27(39)40)12-28(41)42/h2-8,37H,9-15H2,1H3,(H,39,40)(H,41,42)(H,43,44)(H,45,46)(H,47,48). The van der Waals surface area contributed by atoms with Crippen molar-refractivity contribution in [1.82, 2.24) is 9.80 Å². The first kappa shape index (κ1) is 36.5. The number of rotatable bonds is 16. The van der Waals surface area contributed by atoms with Gasteiger partial charge in [-0.15, -0.1) is 0 Å². The van der Waals surface area contributed by atoms with Crippen LogP contribution >= 0.6 is 0 Å². The monoisotopic (exact) mass is 694 g/mol. The molecular formula is C33H30N2O15. The van der Waals surface area contributed by atoms with Crippen molar-refractivity contribution in [3.63, 3.8) is 0 Å². The largest absolute Gasteiger partial charge is 0.507 e. The molecule has 0 amide bonds. The normalized spacial score (nSPS) is 11.3. The van der Waals surface area contributed by atoms with Gasteiger partial charge in [-0.1, -0.05) is 18.2 Å². The second-order valence-corrected chi connectivity index (χ2v) is 11.2. The number of fused-ring (bicyclic) bond motifs is 2. The predicted molar refractivity (Wildman–Crippen MR) is 170 cm³/mol. The van der Waals surface area contributed by atoms with E-state index in [1.165, 1.54) is 30.3 Å². The average molecular weight is 695 g/mol. The number of carbonyl (C=O) groups is 6. The van der Waals surface area contributed by atoms with Crippen LogP contribution in [0.25, 0.3) is 33.4 Å². The fraction of sp³-hybridized carbons (Fsp3) is 0.242. The van der Waals surface area contributed by atoms with Crippen LogP contribution in [0.3, 0.4) is 0 Å². The van der Waals surface area contributed by atoms with Crippen molar-refractivity contribution in [1.29, 1.82) is 0 Å². The summed E-state index contributed by atoms with van der Waals surface area (Å²) in [6.07, 6.45) is 0. The summed E-state index contributed by atoms with van der Waals surface area (Å²) in [6.45, 7) is -3.51. The van der Waals surface area contributed by atoms with E-state index in [0.717, 1.165) is 28.9 Å². The molecule has 1 heterocycles. The Morgan fingerprint density at radius 2 is 1.30 bits per heavy atom. The lowest BCUT2D eigenvalue weighted by Crippen LogP contribution is -2.36. The van der Waals surface area contributed by atoms with E-state index in [9.17, 15) is 64.2 Å². The Balaban J connectivity index is 2.17. The van der Waals surface area contributed by atoms with Crippen molar-refractivity contribution < 1.29 is 68.6 Å². The van der Waals surface area contributed by atoms with Crippen molar-refractivity contribution in [2.45, 2.75) is 26.6 Å². The number of benzene rings is 3. The van der Waals surface area contributed by atoms with Gasteiger partial charge in [-0.25, -0.2) is 4.79 Å². The first-order valence-corrected chi connectivity index (χ1v) is 14.6. The Kier molecular flexibility index (Phi) is 11.1. The number of hydrogen-bond acceptors (Lipinski definition) is 12. The minimum absolute atomic E-state index is 0.0138. The van der Waals surface area contributed by atoms with Gasteiger partial charge in [0.2, 0.25) is 0 Å². The molecule has 4 rings (SSSR count). The first-order chi connectivity index (χ1) is 23.5. The highest BCUT2D eigenvalue weighted by Gasteiger charge is 2.30. The Bertz CT molecular complexity index is 2020. The number of aromatic hydroxyl groups is 1. The highest BCUT2D eigenvalue weighted by Crippen LogP contribution is 2.45. The van der Waals surface area contributed by atoms with E-state index in [2.05, 4.69) is 0 Å². The molecule has 0 aromatic heterocycles. The third-order valence-electron chi connectivity index (χ3n) is 7.45. The predicted octanol–water partition coefficient (Wildman–Crippen LogP) is 1.97. The van der Waals surface area contributed by atoms with Crippen LogP contribution in [-0.2, 0) is 48.4 Å². The lowest BCUT2D eigenvalue weighted by atomic mass is 9.86. The number of carbonyl (C=O) groups excluding carboxylic acids is 1. The number of esters is 1. The molecule has 0 saturated carbocycles. The number of nitrogens with zero attached hydrogens (tertiary/aromatic N) is 2. The van der Waals surface area contributed by atoms with Crippen LogP contribution in [0.2, 0.25) is 0 Å². The molecule has 0 saturated heterocycles. The Labute approximate surface area is 281 Å².